The molecule has 68 valence electrons. The van der Waals surface area contributed by atoms with Gasteiger partial charge in [0.05, 0.1) is 5.97 Å². The molecule has 0 saturated carbocycles. The Morgan fingerprint density at radius 1 is 1.50 bits per heavy atom. The molecule has 1 heterocycles. The smallest absolute Gasteiger partial charge is 0.546 e. The fourth-order valence-electron chi connectivity index (χ4n) is 1.12. The summed E-state index contributed by atoms with van der Waals surface area (Å²) in [6.07, 6.45) is 0. The molecule has 0 radical (unpaired) electrons. The molecule has 1 unspecified atom stereocenters. The summed E-state index contributed by atoms with van der Waals surface area (Å²) in [6, 6.07) is 7.33. The number of benzene rings is 1. The average Bonchev–Trinajstić information content (AvgIpc) is 2.42. The van der Waals surface area contributed by atoms with Gasteiger partial charge in [0.15, 0.2) is 4.20 Å². The zero-order valence-corrected chi connectivity index (χ0v) is 11.2. The van der Waals surface area contributed by atoms with Gasteiger partial charge in [-0.25, -0.2) is 0 Å². The van der Waals surface area contributed by atoms with E-state index < -0.39 is 10.2 Å². The molecule has 0 amide bonds. The maximum atomic E-state index is 10.7. The van der Waals surface area contributed by atoms with E-state index in [0.717, 1.165) is 22.3 Å². The van der Waals surface area contributed by atoms with E-state index in [1.54, 1.807) is 0 Å². The van der Waals surface area contributed by atoms with Gasteiger partial charge in [0.1, 0.15) is 0 Å². The van der Waals surface area contributed by atoms with Crippen molar-refractivity contribution in [2.45, 2.75) is 9.10 Å². The Kier molecular flexibility index (Phi) is 3.82. The maximum Gasteiger partial charge on any atom is 1.00 e. The molecule has 0 bridgehead atoms. The van der Waals surface area contributed by atoms with Gasteiger partial charge in [0.2, 0.25) is 0 Å². The summed E-state index contributed by atoms with van der Waals surface area (Å²) < 4.78 is -1.33. The van der Waals surface area contributed by atoms with Gasteiger partial charge >= 0.3 is 29.6 Å². The van der Waals surface area contributed by atoms with Crippen LogP contribution >= 0.6 is 24.4 Å². The van der Waals surface area contributed by atoms with Gasteiger partial charge < -0.3 is 15.2 Å². The first-order valence-corrected chi connectivity index (χ1v) is 4.88. The molecule has 14 heavy (non-hydrogen) atoms. The fourth-order valence-corrected chi connectivity index (χ4v) is 2.47. The first-order chi connectivity index (χ1) is 6.12. The third kappa shape index (κ3) is 2.06. The third-order valence-electron chi connectivity index (χ3n) is 1.73. The minimum Gasteiger partial charge on any atom is -0.546 e. The minimum absolute atomic E-state index is 0. The Balaban J connectivity index is 0.000000980. The quantitative estimate of drug-likeness (QED) is 0.419. The molecule has 2 rings (SSSR count). The summed E-state index contributed by atoms with van der Waals surface area (Å²) in [7, 11) is 0. The van der Waals surface area contributed by atoms with Gasteiger partial charge in [-0.15, -0.1) is 12.6 Å². The monoisotopic (exact) mass is 235 g/mol. The number of carboxylic acids is 1. The summed E-state index contributed by atoms with van der Waals surface area (Å²) >= 11 is 5.15. The number of rotatable bonds is 1. The number of aliphatic carboxylic acids is 1. The van der Waals surface area contributed by atoms with E-state index in [1.165, 1.54) is 0 Å². The first-order valence-electron chi connectivity index (χ1n) is 3.62. The molecular weight excluding hydrogens is 229 g/mol. The van der Waals surface area contributed by atoms with E-state index in [4.69, 9.17) is 0 Å². The summed E-state index contributed by atoms with van der Waals surface area (Å²) in [5.74, 6) is -1.22. The number of anilines is 1. The fraction of sp³-hybridized carbons (Fsp3) is 0.125. The molecular formula is C8H6NNaO2S2. The van der Waals surface area contributed by atoms with Crippen LogP contribution in [0.2, 0.25) is 0 Å². The number of hydrogen-bond donors (Lipinski definition) is 2. The number of fused-ring (bicyclic) bond motifs is 1. The van der Waals surface area contributed by atoms with Gasteiger partial charge in [-0.3, -0.25) is 0 Å². The van der Waals surface area contributed by atoms with Crippen LogP contribution in [0.5, 0.6) is 0 Å². The van der Waals surface area contributed by atoms with Crippen LogP contribution in [0, 0.1) is 0 Å². The average molecular weight is 235 g/mol. The Morgan fingerprint density at radius 3 is 2.71 bits per heavy atom. The summed E-state index contributed by atoms with van der Waals surface area (Å²) in [4.78, 5) is 11.6. The van der Waals surface area contributed by atoms with Gasteiger partial charge in [0.25, 0.3) is 0 Å². The molecule has 0 aromatic heterocycles. The minimum atomic E-state index is -1.33. The van der Waals surface area contributed by atoms with E-state index in [0.29, 0.717) is 0 Å². The number of carbonyl (C=O) groups is 1. The van der Waals surface area contributed by atoms with Crippen molar-refractivity contribution < 1.29 is 39.5 Å². The van der Waals surface area contributed by atoms with Gasteiger partial charge in [0, 0.05) is 10.6 Å². The van der Waals surface area contributed by atoms with Crippen molar-refractivity contribution >= 4 is 36.0 Å². The molecule has 0 fully saturated rings. The zero-order valence-electron chi connectivity index (χ0n) is 7.48. The Labute approximate surface area is 113 Å². The number of thiol groups is 1. The van der Waals surface area contributed by atoms with Crippen LogP contribution in [0.1, 0.15) is 0 Å². The number of carboxylic acid groups (broad SMARTS) is 1. The van der Waals surface area contributed by atoms with Crippen LogP contribution in [0.3, 0.4) is 0 Å². The molecule has 3 nitrogen and oxygen atoms in total. The van der Waals surface area contributed by atoms with Crippen LogP contribution in [0.25, 0.3) is 0 Å². The molecule has 1 N–H and O–H groups in total. The summed E-state index contributed by atoms with van der Waals surface area (Å²) in [5.41, 5.74) is 0.784. The largest absolute Gasteiger partial charge is 1.00 e. The van der Waals surface area contributed by atoms with Crippen LogP contribution < -0.4 is 40.0 Å². The van der Waals surface area contributed by atoms with Crippen molar-refractivity contribution in [3.8, 4) is 0 Å². The van der Waals surface area contributed by atoms with Crippen LogP contribution in [-0.4, -0.2) is 10.2 Å². The predicted molar refractivity (Wildman–Crippen MR) is 52.6 cm³/mol. The van der Waals surface area contributed by atoms with Crippen molar-refractivity contribution in [1.29, 1.82) is 0 Å². The van der Waals surface area contributed by atoms with Crippen molar-refractivity contribution in [2.24, 2.45) is 0 Å². The molecule has 6 heteroatoms. The van der Waals surface area contributed by atoms with Gasteiger partial charge in [-0.1, -0.05) is 23.9 Å². The Hall–Kier alpha value is 0.190. The van der Waals surface area contributed by atoms with Gasteiger partial charge in [-0.2, -0.15) is 0 Å². The number of nitrogens with one attached hydrogen (secondary N) is 1. The molecule has 1 aliphatic heterocycles. The number of para-hydroxylation sites is 1. The van der Waals surface area contributed by atoms with Crippen molar-refractivity contribution in [2.75, 3.05) is 5.32 Å². The van der Waals surface area contributed by atoms with E-state index in [1.807, 2.05) is 24.3 Å². The van der Waals surface area contributed by atoms with Gasteiger partial charge in [-0.05, 0) is 12.1 Å². The Morgan fingerprint density at radius 2 is 2.14 bits per heavy atom. The second-order valence-electron chi connectivity index (χ2n) is 2.65. The molecule has 0 saturated heterocycles. The standard InChI is InChI=1S/C8H7NO2S2.Na/c10-7(11)8(12)9-5-3-1-2-4-6(5)13-8;/h1-4,9,12H,(H,10,11);/q;+1/p-1. The second-order valence-corrected chi connectivity index (χ2v) is 4.88. The summed E-state index contributed by atoms with van der Waals surface area (Å²) in [5, 5.41) is 13.5. The van der Waals surface area contributed by atoms with E-state index >= 15 is 0 Å². The molecule has 1 aromatic rings. The third-order valence-corrected chi connectivity index (χ3v) is 3.43. The normalized spacial score (nSPS) is 23.2. The van der Waals surface area contributed by atoms with Crippen LogP contribution in [-0.2, 0) is 4.79 Å². The summed E-state index contributed by atoms with van der Waals surface area (Å²) in [6.45, 7) is 0. The van der Waals surface area contributed by atoms with Crippen LogP contribution in [0.15, 0.2) is 29.2 Å². The van der Waals surface area contributed by atoms with Crippen molar-refractivity contribution in [3.05, 3.63) is 24.3 Å². The van der Waals surface area contributed by atoms with E-state index in [2.05, 4.69) is 17.9 Å². The topological polar surface area (TPSA) is 52.2 Å². The number of thioether (sulfide) groups is 1. The molecule has 1 aliphatic rings. The predicted octanol–water partition coefficient (Wildman–Crippen LogP) is -2.46. The SMILES string of the molecule is O=C([O-])C1(S)Nc2ccccc2S1.[Na+]. The van der Waals surface area contributed by atoms with Crippen LogP contribution in [0.4, 0.5) is 5.69 Å². The van der Waals surface area contributed by atoms with Crippen molar-refractivity contribution in [1.82, 2.24) is 0 Å². The molecule has 1 aromatic carbocycles. The Bertz CT molecular complexity index is 347. The number of carbonyl (C=O) groups excluding carboxylic acids is 1. The second kappa shape index (κ2) is 4.37. The van der Waals surface area contributed by atoms with E-state index in [9.17, 15) is 9.90 Å². The first kappa shape index (κ1) is 12.3. The molecule has 1 atom stereocenters. The van der Waals surface area contributed by atoms with Crippen molar-refractivity contribution in [3.63, 3.8) is 0 Å². The molecule has 0 spiro atoms. The van der Waals surface area contributed by atoms with E-state index in [-0.39, 0.29) is 29.6 Å². The zero-order chi connectivity index (χ0) is 9.47. The number of hydrogen-bond acceptors (Lipinski definition) is 5. The molecule has 0 aliphatic carbocycles. The maximum absolute atomic E-state index is 10.7.